The van der Waals surface area contributed by atoms with Gasteiger partial charge in [-0.25, -0.2) is 4.79 Å². The summed E-state index contributed by atoms with van der Waals surface area (Å²) in [6, 6.07) is 10.5. The molecular weight excluding hydrogens is 408 g/mol. The highest BCUT2D eigenvalue weighted by Crippen LogP contribution is 2.28. The molecule has 1 unspecified atom stereocenters. The van der Waals surface area contributed by atoms with Gasteiger partial charge in [0, 0.05) is 5.69 Å². The SMILES string of the molecule is Cc1ccc(C2(C)NC(=O)N(CC(=O)NCC(=O)Nc3c(C)cc(C)cc3C)C2=O)cc1. The summed E-state index contributed by atoms with van der Waals surface area (Å²) in [7, 11) is 0. The van der Waals surface area contributed by atoms with Gasteiger partial charge < -0.3 is 16.0 Å². The van der Waals surface area contributed by atoms with Crippen molar-refractivity contribution in [2.45, 2.75) is 40.2 Å². The molecule has 3 rings (SSSR count). The number of nitrogens with zero attached hydrogens (tertiary/aromatic N) is 1. The lowest BCUT2D eigenvalue weighted by Crippen LogP contribution is -2.44. The number of hydrogen-bond acceptors (Lipinski definition) is 4. The van der Waals surface area contributed by atoms with E-state index in [1.807, 2.05) is 52.0 Å². The Balaban J connectivity index is 1.59. The van der Waals surface area contributed by atoms with Gasteiger partial charge in [-0.3, -0.25) is 19.3 Å². The van der Waals surface area contributed by atoms with Crippen LogP contribution in [0.15, 0.2) is 36.4 Å². The minimum Gasteiger partial charge on any atom is -0.345 e. The molecule has 168 valence electrons. The Labute approximate surface area is 187 Å². The maximum atomic E-state index is 12.9. The summed E-state index contributed by atoms with van der Waals surface area (Å²) in [5.41, 5.74) is 4.07. The fourth-order valence-electron chi connectivity index (χ4n) is 3.86. The summed E-state index contributed by atoms with van der Waals surface area (Å²) in [6.45, 7) is 8.57. The number of carbonyl (C=O) groups is 4. The van der Waals surface area contributed by atoms with Crippen LogP contribution in [0, 0.1) is 27.7 Å². The van der Waals surface area contributed by atoms with Crippen molar-refractivity contribution in [3.8, 4) is 0 Å². The van der Waals surface area contributed by atoms with Crippen LogP contribution < -0.4 is 16.0 Å². The van der Waals surface area contributed by atoms with Crippen molar-refractivity contribution < 1.29 is 19.2 Å². The Morgan fingerprint density at radius 3 is 2.12 bits per heavy atom. The van der Waals surface area contributed by atoms with Gasteiger partial charge in [0.1, 0.15) is 12.1 Å². The first-order valence-electron chi connectivity index (χ1n) is 10.4. The molecule has 32 heavy (non-hydrogen) atoms. The standard InChI is InChI=1S/C24H28N4O4/c1-14-6-8-18(9-7-14)24(5)22(31)28(23(32)27-24)13-20(30)25-12-19(29)26-21-16(3)10-15(2)11-17(21)4/h6-11H,12-13H2,1-5H3,(H,25,30)(H,26,29)(H,27,32). The maximum Gasteiger partial charge on any atom is 0.325 e. The van der Waals surface area contributed by atoms with E-state index in [9.17, 15) is 19.2 Å². The van der Waals surface area contributed by atoms with E-state index < -0.39 is 35.8 Å². The monoisotopic (exact) mass is 436 g/mol. The molecule has 8 heteroatoms. The highest BCUT2D eigenvalue weighted by molar-refractivity contribution is 6.09. The molecule has 1 atom stereocenters. The van der Waals surface area contributed by atoms with E-state index in [0.717, 1.165) is 27.2 Å². The zero-order valence-electron chi connectivity index (χ0n) is 19.0. The molecule has 1 aliphatic rings. The average Bonchev–Trinajstić information content (AvgIpc) is 2.93. The largest absolute Gasteiger partial charge is 0.345 e. The van der Waals surface area contributed by atoms with Crippen LogP contribution in [-0.4, -0.2) is 41.7 Å². The van der Waals surface area contributed by atoms with Gasteiger partial charge in [-0.15, -0.1) is 0 Å². The second kappa shape index (κ2) is 8.82. The normalized spacial score (nSPS) is 17.8. The van der Waals surface area contributed by atoms with Crippen LogP contribution in [-0.2, 0) is 19.9 Å². The molecule has 0 bridgehead atoms. The van der Waals surface area contributed by atoms with Gasteiger partial charge in [0.2, 0.25) is 11.8 Å². The molecule has 1 fully saturated rings. The topological polar surface area (TPSA) is 108 Å². The predicted molar refractivity (Wildman–Crippen MR) is 121 cm³/mol. The van der Waals surface area contributed by atoms with Gasteiger partial charge >= 0.3 is 6.03 Å². The number of anilines is 1. The quantitative estimate of drug-likeness (QED) is 0.605. The molecule has 0 radical (unpaired) electrons. The average molecular weight is 437 g/mol. The summed E-state index contributed by atoms with van der Waals surface area (Å²) < 4.78 is 0. The van der Waals surface area contributed by atoms with Gasteiger partial charge in [0.15, 0.2) is 0 Å². The Kier molecular flexibility index (Phi) is 6.34. The third-order valence-corrected chi connectivity index (χ3v) is 5.59. The molecule has 2 aromatic rings. The van der Waals surface area contributed by atoms with E-state index in [1.165, 1.54) is 0 Å². The molecule has 0 saturated carbocycles. The predicted octanol–water partition coefficient (Wildman–Crippen LogP) is 2.44. The summed E-state index contributed by atoms with van der Waals surface area (Å²) in [6.07, 6.45) is 0. The summed E-state index contributed by atoms with van der Waals surface area (Å²) >= 11 is 0. The third-order valence-electron chi connectivity index (χ3n) is 5.59. The highest BCUT2D eigenvalue weighted by Gasteiger charge is 2.49. The first-order chi connectivity index (χ1) is 15.0. The van der Waals surface area contributed by atoms with Crippen LogP contribution in [0.2, 0.25) is 0 Å². The van der Waals surface area contributed by atoms with E-state index in [1.54, 1.807) is 19.1 Å². The van der Waals surface area contributed by atoms with Crippen molar-refractivity contribution in [1.29, 1.82) is 0 Å². The number of urea groups is 1. The Morgan fingerprint density at radius 2 is 1.53 bits per heavy atom. The van der Waals surface area contributed by atoms with E-state index >= 15 is 0 Å². The smallest absolute Gasteiger partial charge is 0.325 e. The van der Waals surface area contributed by atoms with Crippen LogP contribution in [0.5, 0.6) is 0 Å². The summed E-state index contributed by atoms with van der Waals surface area (Å²) in [5.74, 6) is -1.51. The molecule has 0 aliphatic carbocycles. The summed E-state index contributed by atoms with van der Waals surface area (Å²) in [4.78, 5) is 50.8. The number of rotatable bonds is 6. The molecular formula is C24H28N4O4. The first kappa shape index (κ1) is 23.0. The van der Waals surface area contributed by atoms with E-state index in [0.29, 0.717) is 11.3 Å². The van der Waals surface area contributed by atoms with Gasteiger partial charge in [-0.1, -0.05) is 47.5 Å². The van der Waals surface area contributed by atoms with Crippen molar-refractivity contribution in [2.24, 2.45) is 0 Å². The van der Waals surface area contributed by atoms with Gasteiger partial charge in [0.25, 0.3) is 5.91 Å². The molecule has 8 nitrogen and oxygen atoms in total. The first-order valence-corrected chi connectivity index (χ1v) is 10.4. The van der Waals surface area contributed by atoms with Crippen LogP contribution in [0.1, 0.15) is 34.7 Å². The number of imide groups is 1. The molecule has 5 amide bonds. The van der Waals surface area contributed by atoms with Crippen molar-refractivity contribution >= 4 is 29.4 Å². The molecule has 3 N–H and O–H groups in total. The number of aryl methyl sites for hydroxylation is 4. The third kappa shape index (κ3) is 4.64. The van der Waals surface area contributed by atoms with Crippen LogP contribution in [0.25, 0.3) is 0 Å². The zero-order chi connectivity index (χ0) is 23.6. The van der Waals surface area contributed by atoms with Crippen LogP contribution in [0.3, 0.4) is 0 Å². The second-order valence-electron chi connectivity index (χ2n) is 8.41. The van der Waals surface area contributed by atoms with Gasteiger partial charge in [-0.2, -0.15) is 0 Å². The number of benzene rings is 2. The van der Waals surface area contributed by atoms with Crippen LogP contribution in [0.4, 0.5) is 10.5 Å². The second-order valence-corrected chi connectivity index (χ2v) is 8.41. The molecule has 0 spiro atoms. The zero-order valence-corrected chi connectivity index (χ0v) is 19.0. The van der Waals surface area contributed by atoms with Gasteiger partial charge in [0.05, 0.1) is 6.54 Å². The van der Waals surface area contributed by atoms with Crippen molar-refractivity contribution in [3.05, 3.63) is 64.2 Å². The van der Waals surface area contributed by atoms with Crippen molar-refractivity contribution in [3.63, 3.8) is 0 Å². The number of hydrogen-bond donors (Lipinski definition) is 3. The number of amides is 5. The lowest BCUT2D eigenvalue weighted by Gasteiger charge is -2.22. The molecule has 1 saturated heterocycles. The Morgan fingerprint density at radius 1 is 0.938 bits per heavy atom. The Bertz CT molecular complexity index is 1070. The van der Waals surface area contributed by atoms with E-state index in [2.05, 4.69) is 16.0 Å². The Hall–Kier alpha value is -3.68. The van der Waals surface area contributed by atoms with Gasteiger partial charge in [-0.05, 0) is 51.3 Å². The number of nitrogens with one attached hydrogen (secondary N) is 3. The van der Waals surface area contributed by atoms with E-state index in [4.69, 9.17) is 0 Å². The maximum absolute atomic E-state index is 12.9. The lowest BCUT2D eigenvalue weighted by atomic mass is 9.91. The number of carbonyl (C=O) groups excluding carboxylic acids is 4. The fraction of sp³-hybridized carbons (Fsp3) is 0.333. The molecule has 1 heterocycles. The minimum absolute atomic E-state index is 0.273. The van der Waals surface area contributed by atoms with E-state index in [-0.39, 0.29) is 6.54 Å². The van der Waals surface area contributed by atoms with Crippen LogP contribution >= 0.6 is 0 Å². The van der Waals surface area contributed by atoms with Crippen molar-refractivity contribution in [1.82, 2.24) is 15.5 Å². The molecule has 1 aliphatic heterocycles. The summed E-state index contributed by atoms with van der Waals surface area (Å²) in [5, 5.41) is 7.93. The molecule has 2 aromatic carbocycles. The minimum atomic E-state index is -1.25. The fourth-order valence-corrected chi connectivity index (χ4v) is 3.86. The lowest BCUT2D eigenvalue weighted by molar-refractivity contribution is -0.135. The van der Waals surface area contributed by atoms with Crippen molar-refractivity contribution in [2.75, 3.05) is 18.4 Å². The highest BCUT2D eigenvalue weighted by atomic mass is 16.2. The molecule has 0 aromatic heterocycles.